The normalized spacial score (nSPS) is 19.2. The van der Waals surface area contributed by atoms with Crippen molar-refractivity contribution < 1.29 is 9.84 Å². The zero-order chi connectivity index (χ0) is 14.5. The van der Waals surface area contributed by atoms with E-state index in [0.717, 1.165) is 25.9 Å². The Morgan fingerprint density at radius 3 is 2.90 bits per heavy atom. The number of aliphatic hydroxyl groups is 1. The molecule has 8 nitrogen and oxygen atoms in total. The minimum atomic E-state index is -0.0255. The summed E-state index contributed by atoms with van der Waals surface area (Å²) in [6, 6.07) is 0.254. The number of aliphatic hydroxyl groups excluding tert-OH is 1. The van der Waals surface area contributed by atoms with Crippen molar-refractivity contribution >= 4 is 11.9 Å². The van der Waals surface area contributed by atoms with E-state index in [4.69, 9.17) is 10.6 Å². The summed E-state index contributed by atoms with van der Waals surface area (Å²) in [7, 11) is 0. The molecule has 1 aliphatic rings. The standard InChI is InChI=1S/C12H22N6O2/c1-8(2)20-12-15-10(17-13)14-11(16-12)18-5-3-4-9(6-18)7-19/h8-9,19H,3-7,13H2,1-2H3,(H,14,15,16,17). The van der Waals surface area contributed by atoms with Crippen LogP contribution < -0.4 is 20.9 Å². The molecule has 1 aliphatic heterocycles. The van der Waals surface area contributed by atoms with E-state index in [1.165, 1.54) is 0 Å². The molecule has 1 aromatic rings. The largest absolute Gasteiger partial charge is 0.461 e. The summed E-state index contributed by atoms with van der Waals surface area (Å²) in [5, 5.41) is 9.29. The van der Waals surface area contributed by atoms with Gasteiger partial charge in [-0.1, -0.05) is 0 Å². The van der Waals surface area contributed by atoms with E-state index in [1.54, 1.807) is 0 Å². The summed E-state index contributed by atoms with van der Waals surface area (Å²) in [6.07, 6.45) is 2.00. The minimum absolute atomic E-state index is 0.0255. The SMILES string of the molecule is CC(C)Oc1nc(NN)nc(N2CCCC(CO)C2)n1. The molecule has 1 atom stereocenters. The van der Waals surface area contributed by atoms with E-state index in [2.05, 4.69) is 20.4 Å². The third kappa shape index (κ3) is 3.67. The number of piperidine rings is 1. The summed E-state index contributed by atoms with van der Waals surface area (Å²) in [4.78, 5) is 14.7. The van der Waals surface area contributed by atoms with Gasteiger partial charge in [0.15, 0.2) is 0 Å². The smallest absolute Gasteiger partial charge is 0.323 e. The molecule has 1 unspecified atom stereocenters. The van der Waals surface area contributed by atoms with Crippen LogP contribution in [-0.4, -0.2) is 45.9 Å². The number of hydrazine groups is 1. The van der Waals surface area contributed by atoms with Gasteiger partial charge in [-0.3, -0.25) is 5.43 Å². The van der Waals surface area contributed by atoms with Crippen LogP contribution in [-0.2, 0) is 0 Å². The number of hydrogen-bond acceptors (Lipinski definition) is 8. The van der Waals surface area contributed by atoms with E-state index in [1.807, 2.05) is 18.7 Å². The lowest BCUT2D eigenvalue weighted by molar-refractivity contribution is 0.207. The molecule has 2 rings (SSSR count). The van der Waals surface area contributed by atoms with Crippen LogP contribution in [0.4, 0.5) is 11.9 Å². The molecule has 8 heteroatoms. The average molecular weight is 282 g/mol. The average Bonchev–Trinajstić information content (AvgIpc) is 2.46. The molecule has 112 valence electrons. The predicted octanol–water partition coefficient (Wildman–Crippen LogP) is 0.153. The number of hydrogen-bond donors (Lipinski definition) is 3. The first-order chi connectivity index (χ1) is 9.62. The number of ether oxygens (including phenoxy) is 1. The molecular weight excluding hydrogens is 260 g/mol. The maximum Gasteiger partial charge on any atom is 0.323 e. The van der Waals surface area contributed by atoms with Crippen molar-refractivity contribution in [1.29, 1.82) is 0 Å². The van der Waals surface area contributed by atoms with Crippen LogP contribution in [0.1, 0.15) is 26.7 Å². The van der Waals surface area contributed by atoms with E-state index in [0.29, 0.717) is 5.95 Å². The summed E-state index contributed by atoms with van der Waals surface area (Å²) >= 11 is 0. The van der Waals surface area contributed by atoms with Crippen molar-refractivity contribution in [2.45, 2.75) is 32.8 Å². The topological polar surface area (TPSA) is 109 Å². The lowest BCUT2D eigenvalue weighted by Gasteiger charge is -2.31. The maximum absolute atomic E-state index is 9.29. The minimum Gasteiger partial charge on any atom is -0.461 e. The Balaban J connectivity index is 2.20. The number of aromatic nitrogens is 3. The first-order valence-corrected chi connectivity index (χ1v) is 6.87. The van der Waals surface area contributed by atoms with Gasteiger partial charge >= 0.3 is 6.01 Å². The number of nitrogens with one attached hydrogen (secondary N) is 1. The molecule has 1 aromatic heterocycles. The van der Waals surface area contributed by atoms with Crippen LogP contribution >= 0.6 is 0 Å². The van der Waals surface area contributed by atoms with Gasteiger partial charge in [0.25, 0.3) is 0 Å². The summed E-state index contributed by atoms with van der Waals surface area (Å²) in [6.45, 7) is 5.57. The predicted molar refractivity (Wildman–Crippen MR) is 75.4 cm³/mol. The Bertz CT molecular complexity index is 442. The first-order valence-electron chi connectivity index (χ1n) is 6.87. The molecule has 4 N–H and O–H groups in total. The fourth-order valence-electron chi connectivity index (χ4n) is 2.21. The van der Waals surface area contributed by atoms with E-state index < -0.39 is 0 Å². The van der Waals surface area contributed by atoms with E-state index in [-0.39, 0.29) is 30.6 Å². The molecule has 0 radical (unpaired) electrons. The molecular formula is C12H22N6O2. The van der Waals surface area contributed by atoms with Crippen LogP contribution in [0.25, 0.3) is 0 Å². The van der Waals surface area contributed by atoms with Crippen molar-refractivity contribution in [3.05, 3.63) is 0 Å². The molecule has 0 bridgehead atoms. The second-order valence-corrected chi connectivity index (χ2v) is 5.19. The zero-order valence-corrected chi connectivity index (χ0v) is 11.9. The highest BCUT2D eigenvalue weighted by Gasteiger charge is 2.22. The van der Waals surface area contributed by atoms with Crippen LogP contribution in [0.3, 0.4) is 0 Å². The molecule has 0 amide bonds. The van der Waals surface area contributed by atoms with Gasteiger partial charge in [-0.05, 0) is 32.6 Å². The van der Waals surface area contributed by atoms with Gasteiger partial charge in [-0.15, -0.1) is 0 Å². The van der Waals surface area contributed by atoms with Crippen molar-refractivity contribution in [2.75, 3.05) is 30.0 Å². The van der Waals surface area contributed by atoms with Gasteiger partial charge in [-0.25, -0.2) is 5.84 Å². The highest BCUT2D eigenvalue weighted by atomic mass is 16.5. The Labute approximate surface area is 118 Å². The lowest BCUT2D eigenvalue weighted by Crippen LogP contribution is -2.38. The second kappa shape index (κ2) is 6.67. The Hall–Kier alpha value is -1.67. The molecule has 2 heterocycles. The van der Waals surface area contributed by atoms with E-state index >= 15 is 0 Å². The molecule has 1 saturated heterocycles. The van der Waals surface area contributed by atoms with Crippen LogP contribution in [0, 0.1) is 5.92 Å². The van der Waals surface area contributed by atoms with Crippen molar-refractivity contribution in [2.24, 2.45) is 11.8 Å². The quantitative estimate of drug-likeness (QED) is 0.517. The van der Waals surface area contributed by atoms with Gasteiger partial charge < -0.3 is 14.7 Å². The zero-order valence-electron chi connectivity index (χ0n) is 11.9. The van der Waals surface area contributed by atoms with Gasteiger partial charge in [0, 0.05) is 19.7 Å². The Kier molecular flexibility index (Phi) is 4.91. The third-order valence-electron chi connectivity index (χ3n) is 3.13. The van der Waals surface area contributed by atoms with Crippen molar-refractivity contribution in [3.8, 4) is 6.01 Å². The summed E-state index contributed by atoms with van der Waals surface area (Å²) in [5.41, 5.74) is 2.43. The van der Waals surface area contributed by atoms with E-state index in [9.17, 15) is 5.11 Å². The molecule has 0 aromatic carbocycles. The molecule has 1 fully saturated rings. The van der Waals surface area contributed by atoms with Crippen LogP contribution in [0.15, 0.2) is 0 Å². The fraction of sp³-hybridized carbons (Fsp3) is 0.750. The summed E-state index contributed by atoms with van der Waals surface area (Å²) in [5.74, 6) is 6.44. The van der Waals surface area contributed by atoms with Gasteiger partial charge in [0.05, 0.1) is 6.10 Å². The number of nitrogen functional groups attached to an aromatic ring is 1. The van der Waals surface area contributed by atoms with Crippen LogP contribution in [0.2, 0.25) is 0 Å². The molecule has 0 saturated carbocycles. The van der Waals surface area contributed by atoms with Gasteiger partial charge in [0.1, 0.15) is 0 Å². The van der Waals surface area contributed by atoms with Gasteiger partial charge in [0.2, 0.25) is 11.9 Å². The molecule has 0 spiro atoms. The number of rotatable bonds is 5. The second-order valence-electron chi connectivity index (χ2n) is 5.19. The molecule has 20 heavy (non-hydrogen) atoms. The fourth-order valence-corrected chi connectivity index (χ4v) is 2.21. The third-order valence-corrected chi connectivity index (χ3v) is 3.13. The lowest BCUT2D eigenvalue weighted by atomic mass is 9.99. The first kappa shape index (κ1) is 14.7. The number of nitrogens with zero attached hydrogens (tertiary/aromatic N) is 4. The van der Waals surface area contributed by atoms with Crippen molar-refractivity contribution in [1.82, 2.24) is 15.0 Å². The van der Waals surface area contributed by atoms with Crippen LogP contribution in [0.5, 0.6) is 6.01 Å². The Morgan fingerprint density at radius 2 is 2.25 bits per heavy atom. The number of anilines is 2. The highest BCUT2D eigenvalue weighted by Crippen LogP contribution is 2.22. The highest BCUT2D eigenvalue weighted by molar-refractivity contribution is 5.38. The summed E-state index contributed by atoms with van der Waals surface area (Å²) < 4.78 is 5.51. The number of nitrogens with two attached hydrogens (primary N) is 1. The molecule has 0 aliphatic carbocycles. The monoisotopic (exact) mass is 282 g/mol. The Morgan fingerprint density at radius 1 is 1.45 bits per heavy atom. The maximum atomic E-state index is 9.29. The van der Waals surface area contributed by atoms with Crippen molar-refractivity contribution in [3.63, 3.8) is 0 Å². The van der Waals surface area contributed by atoms with Gasteiger partial charge in [-0.2, -0.15) is 15.0 Å².